The maximum Gasteiger partial charge on any atom is 0.307 e. The molecule has 30 heavy (non-hydrogen) atoms. The Bertz CT molecular complexity index is 780. The average Bonchev–Trinajstić information content (AvgIpc) is 2.74. The molecule has 1 saturated carbocycles. The number of hydrogen-bond donors (Lipinski definition) is 0. The molecule has 166 valence electrons. The van der Waals surface area contributed by atoms with E-state index in [-0.39, 0.29) is 17.6 Å². The zero-order valence-electron chi connectivity index (χ0n) is 18.3. The first kappa shape index (κ1) is 21.9. The first-order valence-electron chi connectivity index (χ1n) is 11.9. The Morgan fingerprint density at radius 1 is 1.20 bits per heavy atom. The Morgan fingerprint density at radius 3 is 2.93 bits per heavy atom. The first-order chi connectivity index (χ1) is 14.6. The van der Waals surface area contributed by atoms with Crippen LogP contribution in [0.25, 0.3) is 0 Å². The normalized spacial score (nSPS) is 28.7. The second-order valence-electron chi connectivity index (χ2n) is 9.28. The van der Waals surface area contributed by atoms with Crippen molar-refractivity contribution in [1.82, 2.24) is 9.47 Å². The van der Waals surface area contributed by atoms with Crippen LogP contribution in [0.5, 0.6) is 0 Å². The number of thioether (sulfide) groups is 1. The summed E-state index contributed by atoms with van der Waals surface area (Å²) < 4.78 is 7.92. The van der Waals surface area contributed by atoms with Gasteiger partial charge in [-0.05, 0) is 49.8 Å². The third kappa shape index (κ3) is 5.31. The third-order valence-corrected chi connectivity index (χ3v) is 8.43. The van der Waals surface area contributed by atoms with Gasteiger partial charge in [-0.3, -0.25) is 9.59 Å². The SMILES string of the molecule is CCCCSC1CCCCC1OC(=O)CCN1CC2CC(C1)c1cccc(=O)n1C2. The molecule has 1 saturated heterocycles. The van der Waals surface area contributed by atoms with Crippen molar-refractivity contribution in [3.8, 4) is 0 Å². The molecule has 0 amide bonds. The molecule has 0 aromatic carbocycles. The Labute approximate surface area is 184 Å². The fraction of sp³-hybridized carbons (Fsp3) is 0.750. The van der Waals surface area contributed by atoms with Crippen LogP contribution in [0.15, 0.2) is 23.0 Å². The van der Waals surface area contributed by atoms with Gasteiger partial charge >= 0.3 is 5.97 Å². The maximum atomic E-state index is 12.6. The molecule has 2 aliphatic heterocycles. The van der Waals surface area contributed by atoms with Gasteiger partial charge in [0.1, 0.15) is 6.10 Å². The number of nitrogens with zero attached hydrogens (tertiary/aromatic N) is 2. The lowest BCUT2D eigenvalue weighted by Gasteiger charge is -2.42. The third-order valence-electron chi connectivity index (χ3n) is 6.94. The van der Waals surface area contributed by atoms with Crippen LogP contribution in [0.3, 0.4) is 0 Å². The van der Waals surface area contributed by atoms with Crippen molar-refractivity contribution in [3.63, 3.8) is 0 Å². The van der Waals surface area contributed by atoms with E-state index in [0.717, 1.165) is 39.0 Å². The van der Waals surface area contributed by atoms with Crippen LogP contribution in [0.2, 0.25) is 0 Å². The highest BCUT2D eigenvalue weighted by Gasteiger charge is 2.35. The van der Waals surface area contributed by atoms with Crippen molar-refractivity contribution in [2.75, 3.05) is 25.4 Å². The molecule has 1 aliphatic carbocycles. The highest BCUT2D eigenvalue weighted by molar-refractivity contribution is 7.99. The van der Waals surface area contributed by atoms with Crippen LogP contribution >= 0.6 is 11.8 Å². The Hall–Kier alpha value is -1.27. The van der Waals surface area contributed by atoms with Gasteiger partial charge in [0.25, 0.3) is 5.56 Å². The second-order valence-corrected chi connectivity index (χ2v) is 10.6. The molecule has 0 N–H and O–H groups in total. The van der Waals surface area contributed by atoms with Gasteiger partial charge in [0.05, 0.1) is 6.42 Å². The van der Waals surface area contributed by atoms with Crippen LogP contribution in [-0.4, -0.2) is 52.2 Å². The number of likely N-dealkylation sites (tertiary alicyclic amines) is 1. The van der Waals surface area contributed by atoms with Crippen molar-refractivity contribution in [2.45, 2.75) is 82.1 Å². The number of aromatic nitrogens is 1. The summed E-state index contributed by atoms with van der Waals surface area (Å²) in [4.78, 5) is 27.2. The van der Waals surface area contributed by atoms with Gasteiger partial charge in [-0.2, -0.15) is 11.8 Å². The topological polar surface area (TPSA) is 51.5 Å². The maximum absolute atomic E-state index is 12.6. The minimum Gasteiger partial charge on any atom is -0.461 e. The summed E-state index contributed by atoms with van der Waals surface area (Å²) in [7, 11) is 0. The molecule has 4 rings (SSSR count). The summed E-state index contributed by atoms with van der Waals surface area (Å²) in [6.45, 7) is 5.72. The molecular formula is C24H36N2O3S. The Balaban J connectivity index is 1.27. The summed E-state index contributed by atoms with van der Waals surface area (Å²) in [5.74, 6) is 2.05. The van der Waals surface area contributed by atoms with Crippen molar-refractivity contribution in [3.05, 3.63) is 34.2 Å². The number of hydrogen-bond acceptors (Lipinski definition) is 5. The molecule has 1 aromatic heterocycles. The van der Waals surface area contributed by atoms with Crippen molar-refractivity contribution < 1.29 is 9.53 Å². The number of pyridine rings is 1. The summed E-state index contributed by atoms with van der Waals surface area (Å²) in [5, 5.41) is 0.485. The number of rotatable bonds is 8. The van der Waals surface area contributed by atoms with Gasteiger partial charge in [0.15, 0.2) is 0 Å². The van der Waals surface area contributed by atoms with Crippen LogP contribution in [0.1, 0.15) is 69.9 Å². The van der Waals surface area contributed by atoms with E-state index in [4.69, 9.17) is 4.74 Å². The van der Waals surface area contributed by atoms with E-state index in [1.54, 1.807) is 6.07 Å². The number of ether oxygens (including phenoxy) is 1. The van der Waals surface area contributed by atoms with E-state index in [9.17, 15) is 9.59 Å². The molecule has 6 heteroatoms. The lowest BCUT2D eigenvalue weighted by molar-refractivity contribution is -0.150. The number of esters is 1. The minimum absolute atomic E-state index is 0.0321. The molecule has 2 fully saturated rings. The highest BCUT2D eigenvalue weighted by atomic mass is 32.2. The summed E-state index contributed by atoms with van der Waals surface area (Å²) in [6.07, 6.45) is 8.85. The Kier molecular flexibility index (Phi) is 7.58. The Morgan fingerprint density at radius 2 is 2.07 bits per heavy atom. The van der Waals surface area contributed by atoms with Crippen LogP contribution in [-0.2, 0) is 16.1 Å². The first-order valence-corrected chi connectivity index (χ1v) is 12.9. The van der Waals surface area contributed by atoms with E-state index >= 15 is 0 Å². The van der Waals surface area contributed by atoms with Crippen LogP contribution < -0.4 is 5.56 Å². The molecule has 4 unspecified atom stereocenters. The molecule has 0 radical (unpaired) electrons. The molecule has 4 atom stereocenters. The highest BCUT2D eigenvalue weighted by Crippen LogP contribution is 2.35. The average molecular weight is 433 g/mol. The number of fused-ring (bicyclic) bond motifs is 4. The van der Waals surface area contributed by atoms with Crippen LogP contribution in [0, 0.1) is 5.92 Å². The van der Waals surface area contributed by atoms with Gasteiger partial charge in [-0.15, -0.1) is 0 Å². The molecular weight excluding hydrogens is 396 g/mol. The van der Waals surface area contributed by atoms with Gasteiger partial charge in [-0.1, -0.05) is 25.8 Å². The molecule has 5 nitrogen and oxygen atoms in total. The molecule has 1 aromatic rings. The van der Waals surface area contributed by atoms with E-state index < -0.39 is 0 Å². The second kappa shape index (κ2) is 10.4. The summed E-state index contributed by atoms with van der Waals surface area (Å²) in [6, 6.07) is 5.64. The van der Waals surface area contributed by atoms with Crippen molar-refractivity contribution >= 4 is 17.7 Å². The molecule has 3 aliphatic rings. The minimum atomic E-state index is -0.0321. The quantitative estimate of drug-likeness (QED) is 0.458. The zero-order valence-corrected chi connectivity index (χ0v) is 19.1. The number of unbranched alkanes of at least 4 members (excludes halogenated alkanes) is 1. The lowest BCUT2D eigenvalue weighted by atomic mass is 9.83. The van der Waals surface area contributed by atoms with Gasteiger partial charge in [-0.25, -0.2) is 0 Å². The fourth-order valence-corrected chi connectivity index (χ4v) is 6.92. The summed E-state index contributed by atoms with van der Waals surface area (Å²) in [5.41, 5.74) is 1.29. The lowest BCUT2D eigenvalue weighted by Crippen LogP contribution is -2.47. The van der Waals surface area contributed by atoms with Crippen LogP contribution in [0.4, 0.5) is 0 Å². The summed E-state index contributed by atoms with van der Waals surface area (Å²) >= 11 is 2.01. The monoisotopic (exact) mass is 432 g/mol. The largest absolute Gasteiger partial charge is 0.461 e. The molecule has 2 bridgehead atoms. The zero-order chi connectivity index (χ0) is 20.9. The van der Waals surface area contributed by atoms with Crippen molar-refractivity contribution in [1.29, 1.82) is 0 Å². The fourth-order valence-electron chi connectivity index (χ4n) is 5.42. The van der Waals surface area contributed by atoms with E-state index in [1.165, 1.54) is 43.6 Å². The van der Waals surface area contributed by atoms with Gasteiger partial charge in [0.2, 0.25) is 0 Å². The number of carbonyl (C=O) groups is 1. The predicted molar refractivity (Wildman–Crippen MR) is 122 cm³/mol. The standard InChI is InChI=1S/C24H36N2O3S/c1-2-3-13-30-22-9-5-4-8-21(22)29-24(28)11-12-25-15-18-14-19(17-25)20-7-6-10-23(27)26(20)16-18/h6-7,10,18-19,21-22H,2-5,8-9,11-17H2,1H3. The molecule has 0 spiro atoms. The van der Waals surface area contributed by atoms with Gasteiger partial charge in [0, 0.05) is 49.1 Å². The van der Waals surface area contributed by atoms with E-state index in [0.29, 0.717) is 23.5 Å². The van der Waals surface area contributed by atoms with E-state index in [2.05, 4.69) is 17.9 Å². The number of piperidine rings is 1. The van der Waals surface area contributed by atoms with E-state index in [1.807, 2.05) is 22.4 Å². The molecule has 3 heterocycles. The number of carbonyl (C=O) groups excluding carboxylic acids is 1. The smallest absolute Gasteiger partial charge is 0.307 e. The van der Waals surface area contributed by atoms with Gasteiger partial charge < -0.3 is 14.2 Å². The van der Waals surface area contributed by atoms with Crippen molar-refractivity contribution in [2.24, 2.45) is 5.92 Å². The predicted octanol–water partition coefficient (Wildman–Crippen LogP) is 4.05.